The van der Waals surface area contributed by atoms with Gasteiger partial charge in [0.1, 0.15) is 6.04 Å². The number of nitrogens with zero attached hydrogens (tertiary/aromatic N) is 2. The first-order chi connectivity index (χ1) is 8.29. The molecule has 1 saturated carbocycles. The fourth-order valence-electron chi connectivity index (χ4n) is 2.39. The van der Waals surface area contributed by atoms with Gasteiger partial charge in [0.2, 0.25) is 5.91 Å². The van der Waals surface area contributed by atoms with E-state index < -0.39 is 0 Å². The smallest absolute Gasteiger partial charge is 0.245 e. The molecule has 4 nitrogen and oxygen atoms in total. The van der Waals surface area contributed by atoms with Crippen LogP contribution in [0.25, 0.3) is 0 Å². The van der Waals surface area contributed by atoms with E-state index in [9.17, 15) is 4.79 Å². The van der Waals surface area contributed by atoms with Crippen molar-refractivity contribution in [3.8, 4) is 0 Å². The molecule has 1 aliphatic carbocycles. The van der Waals surface area contributed by atoms with E-state index in [-0.39, 0.29) is 11.9 Å². The standard InChI is InChI=1S/C12H17N3OS/c1-13-10-11-9(14-7-17-11)4-5-15(12(10)16)6-8-2-3-8/h7-8,10,13H,2-6H2,1H3. The van der Waals surface area contributed by atoms with Crippen LogP contribution in [0.2, 0.25) is 0 Å². The SMILES string of the molecule is CNC1C(=O)N(CC2CC2)CCc2ncsc21. The predicted octanol–water partition coefficient (Wildman–Crippen LogP) is 1.20. The average Bonchev–Trinajstić information content (AvgIpc) is 3.05. The van der Waals surface area contributed by atoms with Crippen molar-refractivity contribution < 1.29 is 4.79 Å². The number of nitrogens with one attached hydrogen (secondary N) is 1. The second-order valence-corrected chi connectivity index (χ2v) is 5.75. The lowest BCUT2D eigenvalue weighted by Crippen LogP contribution is -2.40. The minimum absolute atomic E-state index is 0.182. The highest BCUT2D eigenvalue weighted by Crippen LogP contribution is 2.33. The summed E-state index contributed by atoms with van der Waals surface area (Å²) in [7, 11) is 1.85. The van der Waals surface area contributed by atoms with Crippen molar-refractivity contribution in [3.05, 3.63) is 16.1 Å². The molecule has 1 aliphatic heterocycles. The van der Waals surface area contributed by atoms with Crippen LogP contribution in [-0.4, -0.2) is 35.9 Å². The molecule has 1 unspecified atom stereocenters. The van der Waals surface area contributed by atoms with Crippen LogP contribution in [0.1, 0.15) is 29.5 Å². The monoisotopic (exact) mass is 251 g/mol. The Kier molecular flexibility index (Phi) is 2.88. The Morgan fingerprint density at radius 3 is 3.12 bits per heavy atom. The van der Waals surface area contributed by atoms with E-state index in [1.165, 1.54) is 12.8 Å². The topological polar surface area (TPSA) is 45.2 Å². The summed E-state index contributed by atoms with van der Waals surface area (Å²) < 4.78 is 0. The van der Waals surface area contributed by atoms with Gasteiger partial charge in [0, 0.05) is 19.5 Å². The first-order valence-electron chi connectivity index (χ1n) is 6.18. The molecule has 0 saturated heterocycles. The molecular formula is C12H17N3OS. The first-order valence-corrected chi connectivity index (χ1v) is 7.06. The summed E-state index contributed by atoms with van der Waals surface area (Å²) >= 11 is 1.59. The van der Waals surface area contributed by atoms with E-state index in [4.69, 9.17) is 0 Å². The van der Waals surface area contributed by atoms with Crippen LogP contribution in [-0.2, 0) is 11.2 Å². The first kappa shape index (κ1) is 11.2. The van der Waals surface area contributed by atoms with Crippen molar-refractivity contribution in [2.75, 3.05) is 20.1 Å². The van der Waals surface area contributed by atoms with Gasteiger partial charge < -0.3 is 10.2 Å². The number of aromatic nitrogens is 1. The molecule has 17 heavy (non-hydrogen) atoms. The van der Waals surface area contributed by atoms with Crippen LogP contribution in [0.5, 0.6) is 0 Å². The lowest BCUT2D eigenvalue weighted by Gasteiger charge is -2.24. The Labute approximate surface area is 105 Å². The molecule has 1 atom stereocenters. The number of carbonyl (C=O) groups excluding carboxylic acids is 1. The van der Waals surface area contributed by atoms with Crippen molar-refractivity contribution in [2.45, 2.75) is 25.3 Å². The minimum atomic E-state index is -0.182. The zero-order chi connectivity index (χ0) is 11.8. The predicted molar refractivity (Wildman–Crippen MR) is 66.9 cm³/mol. The molecule has 1 amide bonds. The zero-order valence-corrected chi connectivity index (χ0v) is 10.8. The van der Waals surface area contributed by atoms with E-state index in [2.05, 4.69) is 10.3 Å². The summed E-state index contributed by atoms with van der Waals surface area (Å²) in [6.07, 6.45) is 3.47. The molecule has 1 aromatic heterocycles. The van der Waals surface area contributed by atoms with Crippen LogP contribution < -0.4 is 5.32 Å². The Morgan fingerprint density at radius 1 is 1.59 bits per heavy atom. The van der Waals surface area contributed by atoms with Gasteiger partial charge in [-0.05, 0) is 25.8 Å². The maximum Gasteiger partial charge on any atom is 0.245 e. The van der Waals surface area contributed by atoms with Crippen molar-refractivity contribution in [3.63, 3.8) is 0 Å². The van der Waals surface area contributed by atoms with Crippen molar-refractivity contribution in [2.24, 2.45) is 5.92 Å². The van der Waals surface area contributed by atoms with Gasteiger partial charge in [0.15, 0.2) is 0 Å². The Balaban J connectivity index is 1.84. The number of thiazole rings is 1. The van der Waals surface area contributed by atoms with E-state index in [1.807, 2.05) is 17.5 Å². The molecule has 0 spiro atoms. The normalized spacial score (nSPS) is 24.6. The van der Waals surface area contributed by atoms with Gasteiger partial charge in [-0.3, -0.25) is 4.79 Å². The number of carbonyl (C=O) groups is 1. The van der Waals surface area contributed by atoms with Gasteiger partial charge in [-0.15, -0.1) is 11.3 Å². The molecule has 1 aromatic rings. The summed E-state index contributed by atoms with van der Waals surface area (Å²) in [6, 6.07) is -0.182. The molecule has 3 rings (SSSR count). The van der Waals surface area contributed by atoms with Gasteiger partial charge in [-0.25, -0.2) is 4.98 Å². The van der Waals surface area contributed by atoms with Gasteiger partial charge >= 0.3 is 0 Å². The third-order valence-corrected chi connectivity index (χ3v) is 4.51. The highest BCUT2D eigenvalue weighted by molar-refractivity contribution is 7.10. The average molecular weight is 251 g/mol. The third-order valence-electron chi connectivity index (χ3n) is 3.58. The lowest BCUT2D eigenvalue weighted by molar-refractivity contribution is -0.133. The molecular weight excluding hydrogens is 234 g/mol. The summed E-state index contributed by atoms with van der Waals surface area (Å²) in [5, 5.41) is 3.14. The molecule has 2 aliphatic rings. The molecule has 0 aromatic carbocycles. The van der Waals surface area contributed by atoms with Crippen LogP contribution in [0.4, 0.5) is 0 Å². The van der Waals surface area contributed by atoms with E-state index in [0.29, 0.717) is 0 Å². The lowest BCUT2D eigenvalue weighted by atomic mass is 10.2. The van der Waals surface area contributed by atoms with Crippen molar-refractivity contribution >= 4 is 17.2 Å². The minimum Gasteiger partial charge on any atom is -0.340 e. The van der Waals surface area contributed by atoms with E-state index >= 15 is 0 Å². The second-order valence-electron chi connectivity index (χ2n) is 4.86. The fraction of sp³-hybridized carbons (Fsp3) is 0.667. The molecule has 5 heteroatoms. The third kappa shape index (κ3) is 2.09. The highest BCUT2D eigenvalue weighted by Gasteiger charge is 2.34. The van der Waals surface area contributed by atoms with Gasteiger partial charge in [-0.2, -0.15) is 0 Å². The fourth-order valence-corrected chi connectivity index (χ4v) is 3.33. The Hall–Kier alpha value is -0.940. The van der Waals surface area contributed by atoms with Gasteiger partial charge in [0.05, 0.1) is 16.1 Å². The molecule has 0 radical (unpaired) electrons. The van der Waals surface area contributed by atoms with E-state index in [1.54, 1.807) is 11.3 Å². The quantitative estimate of drug-likeness (QED) is 0.878. The number of likely N-dealkylation sites (N-methyl/N-ethyl adjacent to an activating group) is 1. The molecule has 0 bridgehead atoms. The maximum absolute atomic E-state index is 12.4. The van der Waals surface area contributed by atoms with Crippen LogP contribution >= 0.6 is 11.3 Å². The number of hydrogen-bond acceptors (Lipinski definition) is 4. The van der Waals surface area contributed by atoms with Crippen LogP contribution in [0.15, 0.2) is 5.51 Å². The highest BCUT2D eigenvalue weighted by atomic mass is 32.1. The largest absolute Gasteiger partial charge is 0.340 e. The van der Waals surface area contributed by atoms with Crippen molar-refractivity contribution in [1.82, 2.24) is 15.2 Å². The maximum atomic E-state index is 12.4. The summed E-state index contributed by atoms with van der Waals surface area (Å²) in [5.74, 6) is 0.975. The van der Waals surface area contributed by atoms with E-state index in [0.717, 1.165) is 36.0 Å². The molecule has 1 N–H and O–H groups in total. The second kappa shape index (κ2) is 4.38. The molecule has 1 fully saturated rings. The Bertz CT molecular complexity index is 427. The number of rotatable bonds is 3. The summed E-state index contributed by atoms with van der Waals surface area (Å²) in [6.45, 7) is 1.76. The van der Waals surface area contributed by atoms with Crippen LogP contribution in [0, 0.1) is 5.92 Å². The molecule has 92 valence electrons. The Morgan fingerprint density at radius 2 is 2.41 bits per heavy atom. The number of fused-ring (bicyclic) bond motifs is 1. The summed E-state index contributed by atoms with van der Waals surface area (Å²) in [4.78, 5) is 19.9. The van der Waals surface area contributed by atoms with Gasteiger partial charge in [-0.1, -0.05) is 0 Å². The van der Waals surface area contributed by atoms with Crippen molar-refractivity contribution in [1.29, 1.82) is 0 Å². The molecule has 2 heterocycles. The number of hydrogen-bond donors (Lipinski definition) is 1. The summed E-state index contributed by atoms with van der Waals surface area (Å²) in [5.41, 5.74) is 2.94. The zero-order valence-electron chi connectivity index (χ0n) is 9.98. The van der Waals surface area contributed by atoms with Gasteiger partial charge in [0.25, 0.3) is 0 Å². The van der Waals surface area contributed by atoms with Crippen LogP contribution in [0.3, 0.4) is 0 Å². The number of amides is 1.